The van der Waals surface area contributed by atoms with E-state index in [-0.39, 0.29) is 23.3 Å². The van der Waals surface area contributed by atoms with Crippen molar-refractivity contribution in [3.63, 3.8) is 0 Å². The summed E-state index contributed by atoms with van der Waals surface area (Å²) in [7, 11) is 5.37. The first kappa shape index (κ1) is 20.7. The van der Waals surface area contributed by atoms with E-state index in [9.17, 15) is 14.4 Å². The summed E-state index contributed by atoms with van der Waals surface area (Å²) in [5.74, 6) is 0.215. The topological polar surface area (TPSA) is 64.2 Å². The van der Waals surface area contributed by atoms with Crippen LogP contribution >= 0.6 is 0 Å². The molecule has 4 rings (SSSR count). The van der Waals surface area contributed by atoms with Crippen LogP contribution in [-0.2, 0) is 4.79 Å². The van der Waals surface area contributed by atoms with Crippen molar-refractivity contribution in [2.45, 2.75) is 26.2 Å². The number of aryl methyl sites for hydroxylation is 1. The highest BCUT2D eigenvalue weighted by molar-refractivity contribution is 5.94. The number of hydrogen-bond acceptors (Lipinski definition) is 3. The van der Waals surface area contributed by atoms with Gasteiger partial charge in [0.2, 0.25) is 5.91 Å². The highest BCUT2D eigenvalue weighted by Gasteiger charge is 2.65. The van der Waals surface area contributed by atoms with Crippen LogP contribution in [0.15, 0.2) is 24.3 Å². The summed E-state index contributed by atoms with van der Waals surface area (Å²) in [6, 6.07) is 7.66. The van der Waals surface area contributed by atoms with Gasteiger partial charge in [-0.2, -0.15) is 0 Å². The van der Waals surface area contributed by atoms with Crippen LogP contribution in [0.3, 0.4) is 0 Å². The van der Waals surface area contributed by atoms with Gasteiger partial charge in [-0.25, -0.2) is 4.79 Å². The number of fused-ring (bicyclic) bond motifs is 1. The van der Waals surface area contributed by atoms with Gasteiger partial charge in [-0.05, 0) is 38.3 Å². The van der Waals surface area contributed by atoms with Gasteiger partial charge in [0.05, 0.1) is 5.41 Å². The Morgan fingerprint density at radius 2 is 1.70 bits per heavy atom. The number of hydrogen-bond donors (Lipinski definition) is 0. The fraction of sp³-hybridized carbons (Fsp3) is 0.609. The number of carbonyl (C=O) groups is 3. The lowest BCUT2D eigenvalue weighted by Crippen LogP contribution is -2.53. The van der Waals surface area contributed by atoms with Crippen molar-refractivity contribution in [3.05, 3.63) is 35.4 Å². The number of amides is 4. The minimum Gasteiger partial charge on any atom is -0.345 e. The lowest BCUT2D eigenvalue weighted by atomic mass is 9.60. The quantitative estimate of drug-likeness (QED) is 0.709. The molecule has 0 radical (unpaired) electrons. The Kier molecular flexibility index (Phi) is 5.03. The van der Waals surface area contributed by atoms with Gasteiger partial charge in [-0.15, -0.1) is 0 Å². The summed E-state index contributed by atoms with van der Waals surface area (Å²) in [6.07, 6.45) is 2.29. The number of urea groups is 1. The van der Waals surface area contributed by atoms with E-state index >= 15 is 0 Å². The molecule has 3 heterocycles. The smallest absolute Gasteiger partial charge is 0.319 e. The molecule has 7 nitrogen and oxygen atoms in total. The molecule has 2 spiro atoms. The zero-order valence-electron chi connectivity index (χ0n) is 18.5. The normalized spacial score (nSPS) is 25.5. The van der Waals surface area contributed by atoms with E-state index in [1.165, 1.54) is 0 Å². The highest BCUT2D eigenvalue weighted by atomic mass is 16.2. The third kappa shape index (κ3) is 3.06. The molecule has 1 atom stereocenters. The molecule has 1 unspecified atom stereocenters. The van der Waals surface area contributed by atoms with Crippen molar-refractivity contribution in [3.8, 4) is 0 Å². The first-order valence-electron chi connectivity index (χ1n) is 10.8. The molecule has 0 N–H and O–H groups in total. The molecule has 4 amide bonds. The summed E-state index contributed by atoms with van der Waals surface area (Å²) in [4.78, 5) is 46.3. The van der Waals surface area contributed by atoms with Crippen LogP contribution in [0.25, 0.3) is 0 Å². The minimum absolute atomic E-state index is 0.0353. The molecule has 3 aliphatic rings. The Hall–Kier alpha value is -2.57. The van der Waals surface area contributed by atoms with Crippen LogP contribution in [-0.4, -0.2) is 91.3 Å². The van der Waals surface area contributed by atoms with E-state index in [4.69, 9.17) is 0 Å². The molecule has 0 aromatic heterocycles. The summed E-state index contributed by atoms with van der Waals surface area (Å²) in [5, 5.41) is 0. The van der Waals surface area contributed by atoms with Gasteiger partial charge in [0, 0.05) is 64.8 Å². The van der Waals surface area contributed by atoms with Crippen LogP contribution < -0.4 is 0 Å². The van der Waals surface area contributed by atoms with E-state index in [1.54, 1.807) is 19.0 Å². The summed E-state index contributed by atoms with van der Waals surface area (Å²) < 4.78 is 0. The summed E-state index contributed by atoms with van der Waals surface area (Å²) in [6.45, 7) is 5.04. The molecular weight excluding hydrogens is 380 g/mol. The molecule has 3 saturated heterocycles. The maximum atomic E-state index is 13.3. The molecule has 1 aromatic rings. The Bertz CT molecular complexity index is 875. The SMILES string of the molecule is Cc1cccc(C(=O)N2CCC3(CC2)CN(C(=O)N(C)C)CC32CCN(C)C2=O)c1. The van der Waals surface area contributed by atoms with Crippen LogP contribution in [0.1, 0.15) is 35.2 Å². The summed E-state index contributed by atoms with van der Waals surface area (Å²) >= 11 is 0. The van der Waals surface area contributed by atoms with Crippen molar-refractivity contribution < 1.29 is 14.4 Å². The monoisotopic (exact) mass is 412 g/mol. The average molecular weight is 413 g/mol. The summed E-state index contributed by atoms with van der Waals surface area (Å²) in [5.41, 5.74) is 1.00. The number of likely N-dealkylation sites (tertiary alicyclic amines) is 3. The number of rotatable bonds is 1. The van der Waals surface area contributed by atoms with Crippen LogP contribution in [0.5, 0.6) is 0 Å². The Balaban J connectivity index is 1.57. The standard InChI is InChI=1S/C23H32N4O3/c1-17-6-5-7-18(14-17)19(28)26-12-8-22(9-13-26)15-27(21(30)24(2)3)16-23(22)10-11-25(4)20(23)29/h5-7,14H,8-13,15-16H2,1-4H3. The predicted octanol–water partition coefficient (Wildman–Crippen LogP) is 2.06. The van der Waals surface area contributed by atoms with Crippen LogP contribution in [0, 0.1) is 17.8 Å². The molecule has 0 bridgehead atoms. The van der Waals surface area contributed by atoms with Crippen LogP contribution in [0.4, 0.5) is 4.79 Å². The average Bonchev–Trinajstić information content (AvgIpc) is 3.20. The van der Waals surface area contributed by atoms with Crippen LogP contribution in [0.2, 0.25) is 0 Å². The number of piperidine rings is 1. The fourth-order valence-corrected chi connectivity index (χ4v) is 5.79. The van der Waals surface area contributed by atoms with Gasteiger partial charge >= 0.3 is 6.03 Å². The number of benzene rings is 1. The van der Waals surface area contributed by atoms with Crippen molar-refractivity contribution in [1.82, 2.24) is 19.6 Å². The van der Waals surface area contributed by atoms with Gasteiger partial charge < -0.3 is 19.6 Å². The largest absolute Gasteiger partial charge is 0.345 e. The predicted molar refractivity (Wildman–Crippen MR) is 114 cm³/mol. The zero-order valence-corrected chi connectivity index (χ0v) is 18.5. The van der Waals surface area contributed by atoms with Crippen molar-refractivity contribution in [2.75, 3.05) is 53.9 Å². The first-order valence-corrected chi connectivity index (χ1v) is 10.8. The molecule has 1 aromatic carbocycles. The Labute approximate surface area is 178 Å². The fourth-order valence-electron chi connectivity index (χ4n) is 5.79. The Morgan fingerprint density at radius 1 is 1.00 bits per heavy atom. The zero-order chi connectivity index (χ0) is 21.7. The van der Waals surface area contributed by atoms with Gasteiger partial charge in [-0.3, -0.25) is 9.59 Å². The molecule has 3 fully saturated rings. The molecular formula is C23H32N4O3. The third-order valence-corrected chi connectivity index (χ3v) is 7.53. The van der Waals surface area contributed by atoms with Gasteiger partial charge in [0.25, 0.3) is 5.91 Å². The Morgan fingerprint density at radius 3 is 2.27 bits per heavy atom. The lowest BCUT2D eigenvalue weighted by Gasteiger charge is -2.46. The molecule has 7 heteroatoms. The van der Waals surface area contributed by atoms with E-state index in [2.05, 4.69) is 0 Å². The second kappa shape index (κ2) is 7.29. The second-order valence-corrected chi connectivity index (χ2v) is 9.53. The van der Waals surface area contributed by atoms with E-state index in [1.807, 2.05) is 52.9 Å². The molecule has 162 valence electrons. The van der Waals surface area contributed by atoms with E-state index in [0.717, 1.165) is 31.4 Å². The van der Waals surface area contributed by atoms with E-state index in [0.29, 0.717) is 31.7 Å². The van der Waals surface area contributed by atoms with Gasteiger partial charge in [-0.1, -0.05) is 17.7 Å². The maximum Gasteiger partial charge on any atom is 0.319 e. The van der Waals surface area contributed by atoms with E-state index < -0.39 is 5.41 Å². The molecule has 0 saturated carbocycles. The number of nitrogens with zero attached hydrogens (tertiary/aromatic N) is 4. The minimum atomic E-state index is -0.522. The lowest BCUT2D eigenvalue weighted by molar-refractivity contribution is -0.141. The maximum absolute atomic E-state index is 13.3. The van der Waals surface area contributed by atoms with Gasteiger partial charge in [0.15, 0.2) is 0 Å². The van der Waals surface area contributed by atoms with Crippen molar-refractivity contribution in [1.29, 1.82) is 0 Å². The number of carbonyl (C=O) groups excluding carboxylic acids is 3. The van der Waals surface area contributed by atoms with Gasteiger partial charge in [0.1, 0.15) is 0 Å². The first-order chi connectivity index (χ1) is 14.2. The van der Waals surface area contributed by atoms with Crippen molar-refractivity contribution in [2.24, 2.45) is 10.8 Å². The molecule has 0 aliphatic carbocycles. The molecule has 30 heavy (non-hydrogen) atoms. The van der Waals surface area contributed by atoms with Crippen molar-refractivity contribution >= 4 is 17.8 Å². The molecule has 3 aliphatic heterocycles. The highest BCUT2D eigenvalue weighted by Crippen LogP contribution is 2.57. The third-order valence-electron chi connectivity index (χ3n) is 7.53. The second-order valence-electron chi connectivity index (χ2n) is 9.53.